The zero-order chi connectivity index (χ0) is 16.7. The van der Waals surface area contributed by atoms with Crippen LogP contribution in [0, 0.1) is 0 Å². The van der Waals surface area contributed by atoms with E-state index in [1.54, 1.807) is 6.33 Å². The molecule has 0 spiro atoms. The second-order valence-electron chi connectivity index (χ2n) is 5.61. The van der Waals surface area contributed by atoms with Gasteiger partial charge in [-0.2, -0.15) is 0 Å². The molecule has 7 nitrogen and oxygen atoms in total. The summed E-state index contributed by atoms with van der Waals surface area (Å²) in [5, 5.41) is 0. The molecule has 2 N–H and O–H groups in total. The van der Waals surface area contributed by atoms with Crippen LogP contribution in [-0.2, 0) is 9.53 Å². The molecule has 2 aromatic heterocycles. The Bertz CT molecular complexity index is 963. The number of ether oxygens (including phenoxy) is 1. The fraction of sp³-hybridized carbons (Fsp3) is 0.176. The Kier molecular flexibility index (Phi) is 3.26. The summed E-state index contributed by atoms with van der Waals surface area (Å²) in [6, 6.07) is 7.50. The molecular weight excluding hydrogens is 306 g/mol. The first kappa shape index (κ1) is 14.4. The Labute approximate surface area is 137 Å². The third kappa shape index (κ3) is 2.13. The number of nitrogen functional groups attached to an aromatic ring is 1. The van der Waals surface area contributed by atoms with E-state index in [0.717, 1.165) is 17.4 Å². The number of rotatable bonds is 3. The zero-order valence-electron chi connectivity index (χ0n) is 13.0. The van der Waals surface area contributed by atoms with Crippen LogP contribution in [0.25, 0.3) is 17.2 Å². The van der Waals surface area contributed by atoms with Gasteiger partial charge in [0.2, 0.25) is 0 Å². The predicted octanol–water partition coefficient (Wildman–Crippen LogP) is 2.28. The average molecular weight is 321 g/mol. The van der Waals surface area contributed by atoms with Crippen LogP contribution in [0.3, 0.4) is 0 Å². The highest BCUT2D eigenvalue weighted by Gasteiger charge is 2.26. The van der Waals surface area contributed by atoms with Gasteiger partial charge >= 0.3 is 0 Å². The maximum absolute atomic E-state index is 11.4. The van der Waals surface area contributed by atoms with Gasteiger partial charge in [0, 0.05) is 5.56 Å². The van der Waals surface area contributed by atoms with Crippen LogP contribution in [0.5, 0.6) is 0 Å². The van der Waals surface area contributed by atoms with Crippen LogP contribution in [0.4, 0.5) is 5.82 Å². The number of aldehydes is 1. The first-order chi connectivity index (χ1) is 11.7. The van der Waals surface area contributed by atoms with Gasteiger partial charge in [0.1, 0.15) is 17.6 Å². The van der Waals surface area contributed by atoms with Crippen molar-refractivity contribution in [3.8, 4) is 0 Å². The number of anilines is 1. The van der Waals surface area contributed by atoms with Crippen molar-refractivity contribution in [2.24, 2.45) is 0 Å². The van der Waals surface area contributed by atoms with E-state index < -0.39 is 6.10 Å². The van der Waals surface area contributed by atoms with Gasteiger partial charge in [0.15, 0.2) is 23.9 Å². The van der Waals surface area contributed by atoms with E-state index in [1.165, 1.54) is 6.33 Å². The molecule has 0 bridgehead atoms. The molecule has 120 valence electrons. The Morgan fingerprint density at radius 3 is 2.96 bits per heavy atom. The van der Waals surface area contributed by atoms with E-state index in [2.05, 4.69) is 15.0 Å². The van der Waals surface area contributed by atoms with E-state index in [1.807, 2.05) is 41.8 Å². The van der Waals surface area contributed by atoms with Crippen LogP contribution in [0.15, 0.2) is 42.7 Å². The lowest BCUT2D eigenvalue weighted by Gasteiger charge is -2.27. The number of hydrogen-bond acceptors (Lipinski definition) is 6. The van der Waals surface area contributed by atoms with E-state index in [4.69, 9.17) is 10.5 Å². The maximum atomic E-state index is 11.4. The van der Waals surface area contributed by atoms with Crippen LogP contribution >= 0.6 is 0 Å². The monoisotopic (exact) mass is 321 g/mol. The summed E-state index contributed by atoms with van der Waals surface area (Å²) < 4.78 is 7.75. The quantitative estimate of drug-likeness (QED) is 0.744. The van der Waals surface area contributed by atoms with Gasteiger partial charge in [-0.3, -0.25) is 4.79 Å². The molecular formula is C17H15N5O2. The van der Waals surface area contributed by atoms with Crippen LogP contribution in [0.1, 0.15) is 30.2 Å². The lowest BCUT2D eigenvalue weighted by Crippen LogP contribution is -2.18. The Balaban J connectivity index is 1.79. The molecule has 0 radical (unpaired) electrons. The molecule has 2 unspecified atom stereocenters. The molecule has 3 heterocycles. The van der Waals surface area contributed by atoms with Gasteiger partial charge in [-0.05, 0) is 18.6 Å². The van der Waals surface area contributed by atoms with Gasteiger partial charge < -0.3 is 15.0 Å². The van der Waals surface area contributed by atoms with Crippen LogP contribution in [0.2, 0.25) is 0 Å². The molecule has 7 heteroatoms. The lowest BCUT2D eigenvalue weighted by molar-refractivity contribution is -0.116. The number of nitrogens with zero attached hydrogens (tertiary/aromatic N) is 4. The molecule has 4 rings (SSSR count). The number of fused-ring (bicyclic) bond motifs is 2. The Hall–Kier alpha value is -3.22. The summed E-state index contributed by atoms with van der Waals surface area (Å²) in [5.41, 5.74) is 8.85. The number of aromatic nitrogens is 4. The molecule has 1 aromatic carbocycles. The number of carbonyl (C=O) groups is 1. The molecule has 1 aliphatic heterocycles. The van der Waals surface area contributed by atoms with Crippen LogP contribution < -0.4 is 5.73 Å². The standard InChI is InChI=1S/C17H15N5O2/c1-10(22-9-21-15-16(18)19-8-20-17(15)22)13-6-11-4-2-3-5-12(11)14(7-23)24-13/h2-10,14H,1H3,(H2,18,19,20). The molecule has 0 saturated carbocycles. The number of hydrogen-bond donors (Lipinski definition) is 1. The normalized spacial score (nSPS) is 17.7. The first-order valence-electron chi connectivity index (χ1n) is 7.54. The molecule has 3 aromatic rings. The Morgan fingerprint density at radius 2 is 2.12 bits per heavy atom. The maximum Gasteiger partial charge on any atom is 0.179 e. The highest BCUT2D eigenvalue weighted by molar-refractivity contribution is 5.81. The van der Waals surface area contributed by atoms with Crippen molar-refractivity contribution < 1.29 is 9.53 Å². The number of benzene rings is 1. The zero-order valence-corrected chi connectivity index (χ0v) is 13.0. The van der Waals surface area contributed by atoms with Crippen molar-refractivity contribution in [3.63, 3.8) is 0 Å². The number of nitrogens with two attached hydrogens (primary N) is 1. The first-order valence-corrected chi connectivity index (χ1v) is 7.54. The van der Waals surface area contributed by atoms with Crippen LogP contribution in [-0.4, -0.2) is 25.8 Å². The fourth-order valence-corrected chi connectivity index (χ4v) is 2.91. The van der Waals surface area contributed by atoms with Gasteiger partial charge in [0.25, 0.3) is 0 Å². The molecule has 24 heavy (non-hydrogen) atoms. The van der Waals surface area contributed by atoms with Crippen molar-refractivity contribution in [1.82, 2.24) is 19.5 Å². The van der Waals surface area contributed by atoms with Gasteiger partial charge in [0.05, 0.1) is 12.4 Å². The third-order valence-corrected chi connectivity index (χ3v) is 4.20. The number of carbonyl (C=O) groups excluding carboxylic acids is 1. The largest absolute Gasteiger partial charge is 0.480 e. The lowest BCUT2D eigenvalue weighted by atomic mass is 9.98. The van der Waals surface area contributed by atoms with Crippen molar-refractivity contribution in [2.45, 2.75) is 19.1 Å². The van der Waals surface area contributed by atoms with Gasteiger partial charge in [-0.1, -0.05) is 24.3 Å². The minimum atomic E-state index is -0.613. The molecule has 1 aliphatic rings. The summed E-state index contributed by atoms with van der Waals surface area (Å²) in [7, 11) is 0. The summed E-state index contributed by atoms with van der Waals surface area (Å²) in [6.07, 6.45) is 5.20. The molecule has 0 saturated heterocycles. The van der Waals surface area contributed by atoms with E-state index in [-0.39, 0.29) is 6.04 Å². The third-order valence-electron chi connectivity index (χ3n) is 4.20. The van der Waals surface area contributed by atoms with E-state index in [9.17, 15) is 4.79 Å². The second-order valence-corrected chi connectivity index (χ2v) is 5.61. The fourth-order valence-electron chi connectivity index (χ4n) is 2.91. The topological polar surface area (TPSA) is 95.9 Å². The number of allylic oxidation sites excluding steroid dienone is 1. The Morgan fingerprint density at radius 1 is 1.29 bits per heavy atom. The minimum absolute atomic E-state index is 0.194. The van der Waals surface area contributed by atoms with Crippen molar-refractivity contribution in [3.05, 3.63) is 53.8 Å². The minimum Gasteiger partial charge on any atom is -0.480 e. The molecule has 0 amide bonds. The number of imidazole rings is 1. The average Bonchev–Trinajstić information content (AvgIpc) is 3.05. The van der Waals surface area contributed by atoms with Gasteiger partial charge in [-0.15, -0.1) is 0 Å². The summed E-state index contributed by atoms with van der Waals surface area (Å²) in [6.45, 7) is 1.96. The molecule has 2 atom stereocenters. The summed E-state index contributed by atoms with van der Waals surface area (Å²) in [4.78, 5) is 23.9. The molecule has 0 fully saturated rings. The van der Waals surface area contributed by atoms with Crippen molar-refractivity contribution >= 4 is 29.3 Å². The summed E-state index contributed by atoms with van der Waals surface area (Å²) in [5.74, 6) is 1.00. The highest BCUT2D eigenvalue weighted by Crippen LogP contribution is 2.35. The predicted molar refractivity (Wildman–Crippen MR) is 88.8 cm³/mol. The van der Waals surface area contributed by atoms with E-state index >= 15 is 0 Å². The second kappa shape index (κ2) is 5.45. The van der Waals surface area contributed by atoms with Gasteiger partial charge in [-0.25, -0.2) is 15.0 Å². The highest BCUT2D eigenvalue weighted by atomic mass is 16.5. The SMILES string of the molecule is CC(C1=Cc2ccccc2C(C=O)O1)n1cnc2c(N)ncnc21. The van der Waals surface area contributed by atoms with Crippen molar-refractivity contribution in [1.29, 1.82) is 0 Å². The van der Waals surface area contributed by atoms with Crippen molar-refractivity contribution in [2.75, 3.05) is 5.73 Å². The van der Waals surface area contributed by atoms with E-state index in [0.29, 0.717) is 22.7 Å². The smallest absolute Gasteiger partial charge is 0.179 e. The summed E-state index contributed by atoms with van der Waals surface area (Å²) >= 11 is 0. The molecule has 0 aliphatic carbocycles.